The number of nitrogens with zero attached hydrogens (tertiary/aromatic N) is 4. The van der Waals surface area contributed by atoms with E-state index in [9.17, 15) is 0 Å². The minimum atomic E-state index is 0.457. The number of thioether (sulfide) groups is 1. The fourth-order valence-electron chi connectivity index (χ4n) is 4.03. The lowest BCUT2D eigenvalue weighted by molar-refractivity contribution is 0.337. The van der Waals surface area contributed by atoms with Gasteiger partial charge in [-0.2, -0.15) is 0 Å². The van der Waals surface area contributed by atoms with Crippen LogP contribution in [0.3, 0.4) is 0 Å². The summed E-state index contributed by atoms with van der Waals surface area (Å²) in [7, 11) is 0. The van der Waals surface area contributed by atoms with E-state index in [1.807, 2.05) is 36.4 Å². The van der Waals surface area contributed by atoms with Crippen LogP contribution in [0.15, 0.2) is 56.7 Å². The number of rotatable bonds is 7. The predicted octanol–water partition coefficient (Wildman–Crippen LogP) is 5.91. The maximum absolute atomic E-state index is 5.83. The maximum Gasteiger partial charge on any atom is 0.200 e. The smallest absolute Gasteiger partial charge is 0.200 e. The van der Waals surface area contributed by atoms with Gasteiger partial charge in [0.1, 0.15) is 5.52 Å². The standard InChI is InChI=1S/C22H24N4O2S/c1-2-8-16(9-3-1)26-21(19-12-6-14-27-19)24-25-22(26)29-15-7-13-20-23-17-10-4-5-11-18(17)28-20/h4-6,10-12,14,16H,1-3,7-9,13,15H2. The first-order chi connectivity index (χ1) is 14.4. The third-order valence-electron chi connectivity index (χ3n) is 5.45. The number of hydrogen-bond acceptors (Lipinski definition) is 6. The number of oxazole rings is 1. The molecular weight excluding hydrogens is 384 g/mol. The molecule has 4 aromatic rings. The molecule has 3 aromatic heterocycles. The molecule has 6 nitrogen and oxygen atoms in total. The summed E-state index contributed by atoms with van der Waals surface area (Å²) < 4.78 is 13.8. The Balaban J connectivity index is 1.27. The van der Waals surface area contributed by atoms with Crippen molar-refractivity contribution in [3.05, 3.63) is 48.6 Å². The first kappa shape index (κ1) is 18.5. The van der Waals surface area contributed by atoms with Gasteiger partial charge in [-0.05, 0) is 43.5 Å². The molecule has 0 saturated heterocycles. The Hall–Kier alpha value is -2.54. The molecule has 1 fully saturated rings. The Morgan fingerprint density at radius 2 is 1.93 bits per heavy atom. The van der Waals surface area contributed by atoms with E-state index in [0.29, 0.717) is 6.04 Å². The Labute approximate surface area is 173 Å². The van der Waals surface area contributed by atoms with Crippen molar-refractivity contribution >= 4 is 22.9 Å². The summed E-state index contributed by atoms with van der Waals surface area (Å²) >= 11 is 1.76. The third-order valence-corrected chi connectivity index (χ3v) is 6.48. The fraction of sp³-hybridized carbons (Fsp3) is 0.409. The monoisotopic (exact) mass is 408 g/mol. The zero-order chi connectivity index (χ0) is 19.5. The molecule has 1 aliphatic rings. The highest BCUT2D eigenvalue weighted by Gasteiger charge is 2.24. The van der Waals surface area contributed by atoms with Crippen molar-refractivity contribution < 1.29 is 8.83 Å². The van der Waals surface area contributed by atoms with E-state index in [1.165, 1.54) is 32.1 Å². The van der Waals surface area contributed by atoms with Crippen LogP contribution in [-0.2, 0) is 6.42 Å². The number of aryl methyl sites for hydroxylation is 1. The lowest BCUT2D eigenvalue weighted by Gasteiger charge is -2.25. The molecule has 0 bridgehead atoms. The second-order valence-electron chi connectivity index (χ2n) is 7.47. The third kappa shape index (κ3) is 3.96. The molecule has 7 heteroatoms. The Morgan fingerprint density at radius 1 is 1.03 bits per heavy atom. The van der Waals surface area contributed by atoms with Crippen molar-refractivity contribution in [2.24, 2.45) is 0 Å². The molecule has 0 unspecified atom stereocenters. The highest BCUT2D eigenvalue weighted by atomic mass is 32.2. The van der Waals surface area contributed by atoms with Crippen LogP contribution in [0, 0.1) is 0 Å². The molecule has 1 aliphatic carbocycles. The molecule has 1 aromatic carbocycles. The van der Waals surface area contributed by atoms with Crippen molar-refractivity contribution in [3.63, 3.8) is 0 Å². The molecule has 0 atom stereocenters. The average Bonchev–Trinajstić information content (AvgIpc) is 3.50. The average molecular weight is 409 g/mol. The number of fused-ring (bicyclic) bond motifs is 1. The molecular formula is C22H24N4O2S. The highest BCUT2D eigenvalue weighted by Crippen LogP contribution is 2.35. The van der Waals surface area contributed by atoms with Crippen molar-refractivity contribution in [1.29, 1.82) is 0 Å². The van der Waals surface area contributed by atoms with Crippen LogP contribution in [0.4, 0.5) is 0 Å². The molecule has 150 valence electrons. The molecule has 3 heterocycles. The predicted molar refractivity (Wildman–Crippen MR) is 113 cm³/mol. The van der Waals surface area contributed by atoms with Gasteiger partial charge in [-0.25, -0.2) is 4.98 Å². The first-order valence-electron chi connectivity index (χ1n) is 10.3. The van der Waals surface area contributed by atoms with Crippen molar-refractivity contribution in [3.8, 4) is 11.6 Å². The molecule has 0 radical (unpaired) electrons. The summed E-state index contributed by atoms with van der Waals surface area (Å²) in [5, 5.41) is 9.96. The van der Waals surface area contributed by atoms with Gasteiger partial charge >= 0.3 is 0 Å². The van der Waals surface area contributed by atoms with Crippen molar-refractivity contribution in [2.75, 3.05) is 5.75 Å². The highest BCUT2D eigenvalue weighted by molar-refractivity contribution is 7.99. The summed E-state index contributed by atoms with van der Waals surface area (Å²) in [5.74, 6) is 3.39. The summed E-state index contributed by atoms with van der Waals surface area (Å²) in [6.45, 7) is 0. The quantitative estimate of drug-likeness (QED) is 0.280. The lowest BCUT2D eigenvalue weighted by Crippen LogP contribution is -2.15. The van der Waals surface area contributed by atoms with Crippen LogP contribution in [0.1, 0.15) is 50.5 Å². The summed E-state index contributed by atoms with van der Waals surface area (Å²) in [6, 6.07) is 12.2. The summed E-state index contributed by atoms with van der Waals surface area (Å²) in [4.78, 5) is 4.56. The van der Waals surface area contributed by atoms with Crippen LogP contribution in [0.5, 0.6) is 0 Å². The van der Waals surface area contributed by atoms with Gasteiger partial charge in [0.2, 0.25) is 5.82 Å². The topological polar surface area (TPSA) is 69.9 Å². The molecule has 1 saturated carbocycles. The van der Waals surface area contributed by atoms with Crippen LogP contribution < -0.4 is 0 Å². The van der Waals surface area contributed by atoms with E-state index in [4.69, 9.17) is 8.83 Å². The van der Waals surface area contributed by atoms with Gasteiger partial charge in [-0.3, -0.25) is 4.57 Å². The molecule has 0 spiro atoms. The van der Waals surface area contributed by atoms with E-state index in [2.05, 4.69) is 19.7 Å². The Kier molecular flexibility index (Phi) is 5.39. The zero-order valence-corrected chi connectivity index (χ0v) is 17.1. The molecule has 5 rings (SSSR count). The van der Waals surface area contributed by atoms with Crippen LogP contribution in [0.25, 0.3) is 22.7 Å². The fourth-order valence-corrected chi connectivity index (χ4v) is 4.98. The van der Waals surface area contributed by atoms with Gasteiger partial charge in [0.05, 0.1) is 6.26 Å². The van der Waals surface area contributed by atoms with Crippen LogP contribution in [0.2, 0.25) is 0 Å². The van der Waals surface area contributed by atoms with Crippen LogP contribution >= 0.6 is 11.8 Å². The minimum Gasteiger partial charge on any atom is -0.461 e. The number of aromatic nitrogens is 4. The number of furan rings is 1. The number of hydrogen-bond donors (Lipinski definition) is 0. The van der Waals surface area contributed by atoms with Gasteiger partial charge in [-0.15, -0.1) is 10.2 Å². The molecule has 29 heavy (non-hydrogen) atoms. The van der Waals surface area contributed by atoms with E-state index in [1.54, 1.807) is 18.0 Å². The summed E-state index contributed by atoms with van der Waals surface area (Å²) in [5.41, 5.74) is 1.78. The van der Waals surface area contributed by atoms with Crippen molar-refractivity contribution in [1.82, 2.24) is 19.7 Å². The van der Waals surface area contributed by atoms with E-state index >= 15 is 0 Å². The van der Waals surface area contributed by atoms with Crippen molar-refractivity contribution in [2.45, 2.75) is 56.1 Å². The second-order valence-corrected chi connectivity index (χ2v) is 8.53. The molecule has 0 amide bonds. The molecule has 0 aliphatic heterocycles. The van der Waals surface area contributed by atoms with Gasteiger partial charge in [0.15, 0.2) is 22.4 Å². The first-order valence-corrected chi connectivity index (χ1v) is 11.3. The number of para-hydroxylation sites is 2. The Morgan fingerprint density at radius 3 is 2.76 bits per heavy atom. The van der Waals surface area contributed by atoms with Gasteiger partial charge in [0, 0.05) is 18.2 Å². The normalized spacial score (nSPS) is 15.3. The zero-order valence-electron chi connectivity index (χ0n) is 16.3. The van der Waals surface area contributed by atoms with Gasteiger partial charge in [0.25, 0.3) is 0 Å². The van der Waals surface area contributed by atoms with E-state index in [0.717, 1.165) is 52.3 Å². The Bertz CT molecular complexity index is 1030. The maximum atomic E-state index is 5.83. The SMILES string of the molecule is c1coc(-c2nnc(SCCCc3nc4ccccc4o3)n2C2CCCCC2)c1. The minimum absolute atomic E-state index is 0.457. The van der Waals surface area contributed by atoms with Crippen LogP contribution in [-0.4, -0.2) is 25.5 Å². The lowest BCUT2D eigenvalue weighted by atomic mass is 9.95. The summed E-state index contributed by atoms with van der Waals surface area (Å²) in [6.07, 6.45) is 9.72. The largest absolute Gasteiger partial charge is 0.461 e. The van der Waals surface area contributed by atoms with Gasteiger partial charge in [-0.1, -0.05) is 43.2 Å². The van der Waals surface area contributed by atoms with E-state index in [-0.39, 0.29) is 0 Å². The second kappa shape index (κ2) is 8.45. The van der Waals surface area contributed by atoms with Gasteiger partial charge < -0.3 is 8.83 Å². The van der Waals surface area contributed by atoms with E-state index < -0.39 is 0 Å². The number of benzene rings is 1. The molecule has 0 N–H and O–H groups in total.